The van der Waals surface area contributed by atoms with Gasteiger partial charge in [0, 0.05) is 28.4 Å². The fourth-order valence-electron chi connectivity index (χ4n) is 4.38. The summed E-state index contributed by atoms with van der Waals surface area (Å²) < 4.78 is 44.5. The van der Waals surface area contributed by atoms with Crippen molar-refractivity contribution in [1.82, 2.24) is 0 Å². The van der Waals surface area contributed by atoms with Gasteiger partial charge in [-0.05, 0) is 20.7 Å². The molecule has 0 unspecified atom stereocenters. The van der Waals surface area contributed by atoms with Crippen molar-refractivity contribution in [3.63, 3.8) is 0 Å². The van der Waals surface area contributed by atoms with Crippen LogP contribution in [0.5, 0.6) is 0 Å². The highest BCUT2D eigenvalue weighted by Crippen LogP contribution is 2.22. The van der Waals surface area contributed by atoms with E-state index >= 15 is 0 Å². The summed E-state index contributed by atoms with van der Waals surface area (Å²) in [7, 11) is -6.03. The maximum atomic E-state index is 7.62. The standard InChI is InChI=1S/C28H34O7Si4/c1-29-36(30-2)33-38(25-17-9-5-10-18-25,26-19-11-6-12-20-26)35-39(34-37(31-3)32-4,27-21-13-7-14-22-27)28-23-15-8-16-24-28/h5-24,36-37H,1-4H3. The van der Waals surface area contributed by atoms with Crippen LogP contribution in [-0.4, -0.2) is 64.6 Å². The highest BCUT2D eigenvalue weighted by Gasteiger charge is 2.56. The minimum absolute atomic E-state index is 0.906. The molecule has 0 N–H and O–H groups in total. The summed E-state index contributed by atoms with van der Waals surface area (Å²) in [5, 5.41) is 3.62. The monoisotopic (exact) mass is 594 g/mol. The van der Waals surface area contributed by atoms with Crippen molar-refractivity contribution in [1.29, 1.82) is 0 Å². The van der Waals surface area contributed by atoms with Gasteiger partial charge in [-0.15, -0.1) is 0 Å². The lowest BCUT2D eigenvalue weighted by molar-refractivity contribution is 0.173. The van der Waals surface area contributed by atoms with Gasteiger partial charge in [-0.25, -0.2) is 0 Å². The molecule has 4 rings (SSSR count). The number of rotatable bonds is 14. The predicted molar refractivity (Wildman–Crippen MR) is 161 cm³/mol. The molecule has 0 aliphatic carbocycles. The Morgan fingerprint density at radius 3 is 0.821 bits per heavy atom. The molecule has 0 heterocycles. The molecule has 0 atom stereocenters. The molecule has 204 valence electrons. The minimum Gasteiger partial charge on any atom is -0.402 e. The van der Waals surface area contributed by atoms with Gasteiger partial charge in [-0.1, -0.05) is 121 Å². The van der Waals surface area contributed by atoms with Crippen LogP contribution in [-0.2, 0) is 30.0 Å². The molecular formula is C28H34O7Si4. The molecule has 0 fully saturated rings. The van der Waals surface area contributed by atoms with Crippen LogP contribution in [0.3, 0.4) is 0 Å². The smallest absolute Gasteiger partial charge is 0.402 e. The third-order valence-electron chi connectivity index (χ3n) is 6.20. The van der Waals surface area contributed by atoms with Crippen molar-refractivity contribution in [2.75, 3.05) is 28.4 Å². The molecule has 0 aliphatic heterocycles. The lowest BCUT2D eigenvalue weighted by Crippen LogP contribution is -2.77. The molecule has 4 aromatic carbocycles. The predicted octanol–water partition coefficient (Wildman–Crippen LogP) is 1.57. The lowest BCUT2D eigenvalue weighted by atomic mass is 10.4. The van der Waals surface area contributed by atoms with Gasteiger partial charge >= 0.3 is 36.2 Å². The van der Waals surface area contributed by atoms with Crippen molar-refractivity contribution >= 4 is 56.9 Å². The van der Waals surface area contributed by atoms with Crippen molar-refractivity contribution in [2.45, 2.75) is 0 Å². The summed E-state index contributed by atoms with van der Waals surface area (Å²) in [4.78, 5) is 0. The fraction of sp³-hybridized carbons (Fsp3) is 0.143. The molecule has 39 heavy (non-hydrogen) atoms. The molecule has 11 heteroatoms. The second-order valence-electron chi connectivity index (χ2n) is 8.56. The molecule has 0 saturated carbocycles. The zero-order chi connectivity index (χ0) is 27.6. The van der Waals surface area contributed by atoms with E-state index in [0.29, 0.717) is 0 Å². The maximum absolute atomic E-state index is 7.62. The molecule has 0 bridgehead atoms. The van der Waals surface area contributed by atoms with Crippen molar-refractivity contribution < 1.29 is 30.0 Å². The number of benzene rings is 4. The number of hydrogen-bond acceptors (Lipinski definition) is 7. The van der Waals surface area contributed by atoms with Gasteiger partial charge in [0.25, 0.3) is 0 Å². The van der Waals surface area contributed by atoms with Gasteiger partial charge in [0.15, 0.2) is 0 Å². The SMILES string of the molecule is CO[SiH](OC)O[Si](O[Si](O[SiH](OC)OC)(c1ccccc1)c1ccccc1)(c1ccccc1)c1ccccc1. The first-order chi connectivity index (χ1) is 19.1. The summed E-state index contributed by atoms with van der Waals surface area (Å²) in [5.41, 5.74) is 0. The average Bonchev–Trinajstić information content (AvgIpc) is 3.03. The first-order valence-electron chi connectivity index (χ1n) is 12.5. The minimum atomic E-state index is -3.59. The van der Waals surface area contributed by atoms with Gasteiger partial charge in [0.2, 0.25) is 0 Å². The van der Waals surface area contributed by atoms with Gasteiger partial charge in [-0.2, -0.15) is 0 Å². The van der Waals surface area contributed by atoms with E-state index in [1.807, 2.05) is 121 Å². The van der Waals surface area contributed by atoms with E-state index in [1.165, 1.54) is 0 Å². The van der Waals surface area contributed by atoms with Crippen LogP contribution < -0.4 is 20.7 Å². The van der Waals surface area contributed by atoms with Crippen molar-refractivity contribution in [3.8, 4) is 0 Å². The summed E-state index contributed by atoms with van der Waals surface area (Å²) in [6.07, 6.45) is 0. The molecule has 0 amide bonds. The first-order valence-corrected chi connectivity index (χ1v) is 19.0. The Hall–Kier alpha value is -2.53. The highest BCUT2D eigenvalue weighted by molar-refractivity contribution is 7.06. The quantitative estimate of drug-likeness (QED) is 0.206. The Kier molecular flexibility index (Phi) is 10.7. The molecule has 0 aliphatic rings. The number of hydrogen-bond donors (Lipinski definition) is 0. The fourth-order valence-corrected chi connectivity index (χ4v) is 18.6. The third-order valence-corrected chi connectivity index (χ3v) is 18.6. The van der Waals surface area contributed by atoms with Gasteiger partial charge in [-0.3, -0.25) is 0 Å². The summed E-state index contributed by atoms with van der Waals surface area (Å²) in [6, 6.07) is 40.1. The van der Waals surface area contributed by atoms with E-state index in [4.69, 9.17) is 30.0 Å². The van der Waals surface area contributed by atoms with Gasteiger partial charge in [0.05, 0.1) is 0 Å². The van der Waals surface area contributed by atoms with E-state index in [2.05, 4.69) is 0 Å². The van der Waals surface area contributed by atoms with Crippen LogP contribution in [0.4, 0.5) is 0 Å². The van der Waals surface area contributed by atoms with E-state index in [0.717, 1.165) is 20.7 Å². The second-order valence-corrected chi connectivity index (χ2v) is 19.1. The molecule has 0 saturated heterocycles. The summed E-state index contributed by atoms with van der Waals surface area (Å²) in [5.74, 6) is 0. The molecule has 0 aromatic heterocycles. The van der Waals surface area contributed by atoms with Crippen LogP contribution in [0, 0.1) is 0 Å². The molecule has 0 spiro atoms. The molecule has 4 aromatic rings. The normalized spacial score (nSPS) is 12.3. The third kappa shape index (κ3) is 6.62. The van der Waals surface area contributed by atoms with Crippen molar-refractivity contribution in [2.24, 2.45) is 0 Å². The van der Waals surface area contributed by atoms with Crippen LogP contribution >= 0.6 is 0 Å². The largest absolute Gasteiger partial charge is 0.475 e. The van der Waals surface area contributed by atoms with Crippen LogP contribution in [0.1, 0.15) is 0 Å². The van der Waals surface area contributed by atoms with E-state index in [1.54, 1.807) is 28.4 Å². The Morgan fingerprint density at radius 1 is 0.385 bits per heavy atom. The second kappa shape index (κ2) is 14.2. The van der Waals surface area contributed by atoms with E-state index < -0.39 is 36.2 Å². The van der Waals surface area contributed by atoms with Gasteiger partial charge in [0.1, 0.15) is 0 Å². The van der Waals surface area contributed by atoms with Crippen LogP contribution in [0.15, 0.2) is 121 Å². The Labute approximate surface area is 236 Å². The highest BCUT2D eigenvalue weighted by atomic mass is 28.5. The molecular weight excluding hydrogens is 561 g/mol. The Bertz CT molecular complexity index is 1070. The summed E-state index contributed by atoms with van der Waals surface area (Å²) in [6.45, 7) is 0. The Balaban J connectivity index is 2.07. The molecule has 0 radical (unpaired) electrons. The average molecular weight is 595 g/mol. The lowest BCUT2D eigenvalue weighted by Gasteiger charge is -2.43. The summed E-state index contributed by atoms with van der Waals surface area (Å²) >= 11 is 0. The van der Waals surface area contributed by atoms with E-state index in [-0.39, 0.29) is 0 Å². The zero-order valence-electron chi connectivity index (χ0n) is 22.6. The van der Waals surface area contributed by atoms with Crippen LogP contribution in [0.25, 0.3) is 0 Å². The van der Waals surface area contributed by atoms with Crippen molar-refractivity contribution in [3.05, 3.63) is 121 Å². The maximum Gasteiger partial charge on any atom is 0.475 e. The zero-order valence-corrected chi connectivity index (χ0v) is 26.9. The molecule has 7 nitrogen and oxygen atoms in total. The van der Waals surface area contributed by atoms with Gasteiger partial charge < -0.3 is 30.0 Å². The topological polar surface area (TPSA) is 64.6 Å². The van der Waals surface area contributed by atoms with E-state index in [9.17, 15) is 0 Å². The van der Waals surface area contributed by atoms with Crippen LogP contribution in [0.2, 0.25) is 0 Å². The Morgan fingerprint density at radius 2 is 0.615 bits per heavy atom. The first kappa shape index (κ1) is 29.5.